The summed E-state index contributed by atoms with van der Waals surface area (Å²) in [6.45, 7) is 1.57. The van der Waals surface area contributed by atoms with Gasteiger partial charge in [-0.15, -0.1) is 0 Å². The lowest BCUT2D eigenvalue weighted by Crippen LogP contribution is -2.36. The fourth-order valence-electron chi connectivity index (χ4n) is 1.97. The average Bonchev–Trinajstić information content (AvgIpc) is 2.81. The number of benzene rings is 1. The van der Waals surface area contributed by atoms with Crippen LogP contribution in [-0.2, 0) is 12.6 Å². The lowest BCUT2D eigenvalue weighted by atomic mass is 9.93. The second-order valence-electron chi connectivity index (χ2n) is 4.77. The van der Waals surface area contributed by atoms with Crippen LogP contribution >= 0.6 is 0 Å². The van der Waals surface area contributed by atoms with Crippen molar-refractivity contribution in [1.29, 1.82) is 0 Å². The van der Waals surface area contributed by atoms with Crippen LogP contribution in [0.3, 0.4) is 0 Å². The number of aliphatic hydroxyl groups is 1. The van der Waals surface area contributed by atoms with Crippen LogP contribution in [-0.4, -0.2) is 26.2 Å². The molecule has 1 heterocycles. The number of nitrogens with one attached hydrogen (secondary N) is 1. The molecule has 0 fully saturated rings. The van der Waals surface area contributed by atoms with Gasteiger partial charge in [-0.2, -0.15) is 0 Å². The quantitative estimate of drug-likeness (QED) is 0.639. The van der Waals surface area contributed by atoms with E-state index in [0.717, 1.165) is 5.56 Å². The van der Waals surface area contributed by atoms with Gasteiger partial charge in [0.15, 0.2) is 0 Å². The molecule has 7 nitrogen and oxygen atoms in total. The molecule has 106 valence electrons. The van der Waals surface area contributed by atoms with E-state index in [2.05, 4.69) is 10.3 Å². The Kier molecular flexibility index (Phi) is 3.71. The van der Waals surface area contributed by atoms with E-state index in [1.165, 1.54) is 10.9 Å². The summed E-state index contributed by atoms with van der Waals surface area (Å²) < 4.78 is 1.52. The molecule has 1 aromatic carbocycles. The van der Waals surface area contributed by atoms with Crippen LogP contribution < -0.4 is 5.32 Å². The third kappa shape index (κ3) is 2.48. The fourth-order valence-corrected chi connectivity index (χ4v) is 1.97. The van der Waals surface area contributed by atoms with Gasteiger partial charge in [-0.3, -0.25) is 4.57 Å². The van der Waals surface area contributed by atoms with Crippen molar-refractivity contribution in [3.05, 3.63) is 52.3 Å². The van der Waals surface area contributed by atoms with Crippen molar-refractivity contribution in [2.24, 2.45) is 7.05 Å². The molecule has 0 aliphatic carbocycles. The van der Waals surface area contributed by atoms with Crippen LogP contribution in [0.25, 0.3) is 0 Å². The number of aryl methyl sites for hydroxylation is 1. The van der Waals surface area contributed by atoms with Gasteiger partial charge in [-0.25, -0.2) is 0 Å². The highest BCUT2D eigenvalue weighted by Crippen LogP contribution is 2.30. The molecule has 2 N–H and O–H groups in total. The highest BCUT2D eigenvalue weighted by atomic mass is 16.6. The van der Waals surface area contributed by atoms with Crippen molar-refractivity contribution >= 4 is 11.6 Å². The van der Waals surface area contributed by atoms with Crippen LogP contribution in [0.5, 0.6) is 0 Å². The minimum absolute atomic E-state index is 0.209. The molecule has 0 amide bonds. The number of imidazole rings is 1. The maximum absolute atomic E-state index is 11.0. The molecule has 0 radical (unpaired) electrons. The van der Waals surface area contributed by atoms with Crippen molar-refractivity contribution < 1.29 is 10.0 Å². The highest BCUT2D eigenvalue weighted by molar-refractivity contribution is 5.55. The van der Waals surface area contributed by atoms with E-state index < -0.39 is 10.5 Å². The van der Waals surface area contributed by atoms with E-state index in [4.69, 9.17) is 0 Å². The van der Waals surface area contributed by atoms with Gasteiger partial charge in [0.2, 0.25) is 12.1 Å². The van der Waals surface area contributed by atoms with Crippen molar-refractivity contribution in [3.63, 3.8) is 0 Å². The Balaban J connectivity index is 2.41. The van der Waals surface area contributed by atoms with Crippen molar-refractivity contribution in [3.8, 4) is 0 Å². The summed E-state index contributed by atoms with van der Waals surface area (Å²) in [6, 6.07) is 9.27. The van der Waals surface area contributed by atoms with Gasteiger partial charge in [-0.1, -0.05) is 30.3 Å². The van der Waals surface area contributed by atoms with Crippen LogP contribution in [0.2, 0.25) is 0 Å². The van der Waals surface area contributed by atoms with Gasteiger partial charge in [0, 0.05) is 7.05 Å². The predicted octanol–water partition coefficient (Wildman–Crippen LogP) is 1.65. The minimum atomic E-state index is -0.834. The number of aliphatic hydroxyl groups excluding tert-OH is 1. The first-order valence-corrected chi connectivity index (χ1v) is 6.08. The molecule has 20 heavy (non-hydrogen) atoms. The SMILES string of the molecule is Cn1cnc([N+](=O)[O-])c1NC(C)(CO)c1ccccc1. The summed E-state index contributed by atoms with van der Waals surface area (Å²) in [5.41, 5.74) is -0.00204. The smallest absolute Gasteiger partial charge is 0.394 e. The van der Waals surface area contributed by atoms with Gasteiger partial charge < -0.3 is 20.5 Å². The number of hydrogen-bond donors (Lipinski definition) is 2. The monoisotopic (exact) mass is 276 g/mol. The molecule has 2 aromatic rings. The zero-order chi connectivity index (χ0) is 14.8. The normalized spacial score (nSPS) is 13.8. The molecule has 0 aliphatic heterocycles. The average molecular weight is 276 g/mol. The first kappa shape index (κ1) is 14.0. The molecule has 1 atom stereocenters. The third-order valence-electron chi connectivity index (χ3n) is 3.21. The Labute approximate surface area is 116 Å². The Morgan fingerprint density at radius 1 is 1.45 bits per heavy atom. The Morgan fingerprint density at radius 2 is 2.10 bits per heavy atom. The van der Waals surface area contributed by atoms with Gasteiger partial charge in [0.25, 0.3) is 0 Å². The van der Waals surface area contributed by atoms with Crippen molar-refractivity contribution in [1.82, 2.24) is 9.55 Å². The molecule has 2 rings (SSSR count). The first-order valence-electron chi connectivity index (χ1n) is 6.08. The number of hydrogen-bond acceptors (Lipinski definition) is 5. The lowest BCUT2D eigenvalue weighted by molar-refractivity contribution is -0.388. The third-order valence-corrected chi connectivity index (χ3v) is 3.21. The van der Waals surface area contributed by atoms with E-state index in [1.54, 1.807) is 14.0 Å². The van der Waals surface area contributed by atoms with Crippen LogP contribution in [0, 0.1) is 10.1 Å². The maximum atomic E-state index is 11.0. The molecule has 1 aromatic heterocycles. The summed E-state index contributed by atoms with van der Waals surface area (Å²) in [4.78, 5) is 14.2. The Bertz CT molecular complexity index is 611. The summed E-state index contributed by atoms with van der Waals surface area (Å²) in [7, 11) is 1.66. The molecule has 0 saturated heterocycles. The zero-order valence-electron chi connectivity index (χ0n) is 11.3. The van der Waals surface area contributed by atoms with Gasteiger partial charge in [0.05, 0.1) is 12.1 Å². The number of nitrogens with zero attached hydrogens (tertiary/aromatic N) is 3. The molecule has 7 heteroatoms. The summed E-state index contributed by atoms with van der Waals surface area (Å²) in [6.07, 6.45) is 1.36. The molecular formula is C13H16N4O3. The highest BCUT2D eigenvalue weighted by Gasteiger charge is 2.31. The Hall–Kier alpha value is -2.41. The maximum Gasteiger partial charge on any atom is 0.406 e. The van der Waals surface area contributed by atoms with E-state index in [0.29, 0.717) is 0 Å². The number of anilines is 1. The standard InChI is InChI=1S/C13H16N4O3/c1-13(8-18,10-6-4-3-5-7-10)15-12-11(17(19)20)14-9-16(12)2/h3-7,9,15,18H,8H2,1-2H3. The van der Waals surface area contributed by atoms with Crippen LogP contribution in [0.4, 0.5) is 11.6 Å². The number of nitro groups is 1. The topological polar surface area (TPSA) is 93.2 Å². The first-order chi connectivity index (χ1) is 9.48. The van der Waals surface area contributed by atoms with E-state index in [-0.39, 0.29) is 18.2 Å². The van der Waals surface area contributed by atoms with E-state index in [9.17, 15) is 15.2 Å². The van der Waals surface area contributed by atoms with E-state index in [1.807, 2.05) is 30.3 Å². The molecule has 0 saturated carbocycles. The van der Waals surface area contributed by atoms with Gasteiger partial charge >= 0.3 is 5.82 Å². The summed E-state index contributed by atoms with van der Waals surface area (Å²) in [5.74, 6) is -0.00138. The molecule has 0 spiro atoms. The second-order valence-corrected chi connectivity index (χ2v) is 4.77. The lowest BCUT2D eigenvalue weighted by Gasteiger charge is -2.29. The van der Waals surface area contributed by atoms with Gasteiger partial charge in [0.1, 0.15) is 0 Å². The zero-order valence-corrected chi connectivity index (χ0v) is 11.3. The van der Waals surface area contributed by atoms with Crippen LogP contribution in [0.1, 0.15) is 12.5 Å². The number of aromatic nitrogens is 2. The molecule has 1 unspecified atom stereocenters. The summed E-state index contributed by atoms with van der Waals surface area (Å²) in [5, 5.41) is 23.7. The largest absolute Gasteiger partial charge is 0.406 e. The van der Waals surface area contributed by atoms with Crippen molar-refractivity contribution in [2.75, 3.05) is 11.9 Å². The minimum Gasteiger partial charge on any atom is -0.394 e. The Morgan fingerprint density at radius 3 is 2.65 bits per heavy atom. The fraction of sp³-hybridized carbons (Fsp3) is 0.308. The molecule has 0 aliphatic rings. The summed E-state index contributed by atoms with van der Waals surface area (Å²) >= 11 is 0. The molecular weight excluding hydrogens is 260 g/mol. The predicted molar refractivity (Wildman–Crippen MR) is 74.4 cm³/mol. The van der Waals surface area contributed by atoms with Crippen LogP contribution in [0.15, 0.2) is 36.7 Å². The second kappa shape index (κ2) is 5.30. The van der Waals surface area contributed by atoms with Gasteiger partial charge in [-0.05, 0) is 22.4 Å². The van der Waals surface area contributed by atoms with Crippen molar-refractivity contribution in [2.45, 2.75) is 12.5 Å². The molecule has 0 bridgehead atoms. The van der Waals surface area contributed by atoms with E-state index >= 15 is 0 Å². The number of rotatable bonds is 5.